The number of carbonyl (C=O) groups excluding carboxylic acids is 1. The van der Waals surface area contributed by atoms with E-state index in [-0.39, 0.29) is 5.97 Å². The van der Waals surface area contributed by atoms with E-state index in [1.54, 1.807) is 6.92 Å². The largest absolute Gasteiger partial charge is 0.459 e. The molecule has 1 atom stereocenters. The van der Waals surface area contributed by atoms with Crippen molar-refractivity contribution in [3.05, 3.63) is 0 Å². The molecule has 0 heterocycles. The predicted octanol–water partition coefficient (Wildman–Crippen LogP) is 0.965. The first kappa shape index (κ1) is 11.7. The second kappa shape index (κ2) is 4.64. The Balaban J connectivity index is 3.87. The molecule has 0 saturated carbocycles. The molecule has 0 saturated heterocycles. The Morgan fingerprint density at radius 3 is 2.33 bits per heavy atom. The third kappa shape index (κ3) is 5.35. The molecule has 12 heavy (non-hydrogen) atoms. The van der Waals surface area contributed by atoms with Gasteiger partial charge in [0.05, 0.1) is 0 Å². The monoisotopic (exact) mass is 194 g/mol. The van der Waals surface area contributed by atoms with Crippen LogP contribution >= 0.6 is 11.8 Å². The van der Waals surface area contributed by atoms with Gasteiger partial charge in [-0.05, 0) is 39.5 Å². The second-order valence-electron chi connectivity index (χ2n) is 3.49. The van der Waals surface area contributed by atoms with Crippen LogP contribution in [0.4, 0.5) is 0 Å². The van der Waals surface area contributed by atoms with Crippen molar-refractivity contribution in [2.45, 2.75) is 39.3 Å². The summed E-state index contributed by atoms with van der Waals surface area (Å²) in [6, 6.07) is -0.457. The van der Waals surface area contributed by atoms with E-state index in [0.717, 1.165) is 0 Å². The van der Waals surface area contributed by atoms with Gasteiger partial charge in [0.2, 0.25) is 0 Å². The number of hydrogen-bond acceptors (Lipinski definition) is 4. The molecule has 0 aromatic carbocycles. The van der Waals surface area contributed by atoms with E-state index in [4.69, 9.17) is 16.5 Å². The highest BCUT2D eigenvalue weighted by Crippen LogP contribution is 2.07. The number of hydrazine groups is 1. The van der Waals surface area contributed by atoms with Crippen molar-refractivity contribution < 1.29 is 9.53 Å². The zero-order valence-corrected chi connectivity index (χ0v) is 8.53. The van der Waals surface area contributed by atoms with Crippen LogP contribution in [0.1, 0.15) is 27.7 Å². The number of nitrogens with one attached hydrogen (secondary N) is 2. The Morgan fingerprint density at radius 2 is 2.00 bits per heavy atom. The first-order valence-electron chi connectivity index (χ1n) is 3.71. The molecule has 1 unspecified atom stereocenters. The Labute approximate surface area is 77.7 Å². The van der Waals surface area contributed by atoms with Gasteiger partial charge in [-0.1, -0.05) is 0 Å². The number of carbonyl (C=O) groups is 1. The summed E-state index contributed by atoms with van der Waals surface area (Å²) in [6.07, 6.45) is 0. The molecule has 0 aromatic heterocycles. The molecule has 2 N–H and O–H groups in total. The number of ether oxygens (including phenoxy) is 1. The van der Waals surface area contributed by atoms with Gasteiger partial charge >= 0.3 is 5.97 Å². The average Bonchev–Trinajstić information content (AvgIpc) is 1.84. The van der Waals surface area contributed by atoms with E-state index in [9.17, 15) is 4.79 Å². The fourth-order valence-electron chi connectivity index (χ4n) is 0.531. The molecule has 0 aliphatic rings. The summed E-state index contributed by atoms with van der Waals surface area (Å²) in [6.45, 7) is 7.09. The maximum atomic E-state index is 11.2. The van der Waals surface area contributed by atoms with E-state index in [0.29, 0.717) is 0 Å². The number of esters is 1. The minimum absolute atomic E-state index is 0.337. The molecule has 0 bridgehead atoms. The molecule has 72 valence electrons. The van der Waals surface area contributed by atoms with Gasteiger partial charge in [0.15, 0.2) is 0 Å². The maximum absolute atomic E-state index is 11.2. The lowest BCUT2D eigenvalue weighted by molar-refractivity contribution is -0.157. The van der Waals surface area contributed by atoms with Gasteiger partial charge in [-0.2, -0.15) is 4.94 Å². The van der Waals surface area contributed by atoms with Gasteiger partial charge in [0.1, 0.15) is 11.6 Å². The zero-order chi connectivity index (χ0) is 9.78. The lowest BCUT2D eigenvalue weighted by Crippen LogP contribution is -2.42. The van der Waals surface area contributed by atoms with Crippen molar-refractivity contribution in [1.29, 1.82) is 0 Å². The van der Waals surface area contributed by atoms with E-state index >= 15 is 0 Å². The zero-order valence-electron chi connectivity index (χ0n) is 7.77. The highest BCUT2D eigenvalue weighted by Gasteiger charge is 2.20. The van der Waals surface area contributed by atoms with E-state index in [2.05, 4.69) is 10.4 Å². The summed E-state index contributed by atoms with van der Waals surface area (Å²) in [4.78, 5) is 13.3. The van der Waals surface area contributed by atoms with Crippen molar-refractivity contribution in [2.24, 2.45) is 0 Å². The lowest BCUT2D eigenvalue weighted by Gasteiger charge is -2.22. The summed E-state index contributed by atoms with van der Waals surface area (Å²) in [7, 11) is 0. The third-order valence-electron chi connectivity index (χ3n) is 1.03. The molecule has 0 aliphatic heterocycles. The van der Waals surface area contributed by atoms with Gasteiger partial charge in [0.25, 0.3) is 0 Å². The molecule has 0 radical (unpaired) electrons. The first-order chi connectivity index (χ1) is 5.37. The molecule has 5 heteroatoms. The smallest absolute Gasteiger partial charge is 0.324 e. The molecule has 0 aliphatic carbocycles. The maximum Gasteiger partial charge on any atom is 0.324 e. The number of halogens is 1. The van der Waals surface area contributed by atoms with Crippen LogP contribution in [0, 0.1) is 0 Å². The molecular weight excluding hydrogens is 180 g/mol. The highest BCUT2D eigenvalue weighted by atomic mass is 35.5. The standard InChI is InChI=1S/C7H15ClN2O2/c1-5(9-10-8)6(11)12-7(2,3)4/h5,9-10H,1-4H3. The average molecular weight is 195 g/mol. The van der Waals surface area contributed by atoms with Crippen LogP contribution in [0.5, 0.6) is 0 Å². The molecule has 4 nitrogen and oxygen atoms in total. The van der Waals surface area contributed by atoms with Crippen molar-refractivity contribution in [3.63, 3.8) is 0 Å². The van der Waals surface area contributed by atoms with Crippen LogP contribution in [0.2, 0.25) is 0 Å². The van der Waals surface area contributed by atoms with Gasteiger partial charge in [-0.15, -0.1) is 0 Å². The van der Waals surface area contributed by atoms with E-state index in [1.807, 2.05) is 20.8 Å². The molecular formula is C7H15ClN2O2. The Hall–Kier alpha value is -0.320. The first-order valence-corrected chi connectivity index (χ1v) is 4.08. The van der Waals surface area contributed by atoms with Crippen LogP contribution in [-0.2, 0) is 9.53 Å². The third-order valence-corrected chi connectivity index (χ3v) is 1.14. The SMILES string of the molecule is CC(NNCl)C(=O)OC(C)(C)C. The van der Waals surface area contributed by atoms with Gasteiger partial charge in [-0.25, -0.2) is 5.43 Å². The topological polar surface area (TPSA) is 50.4 Å². The van der Waals surface area contributed by atoms with Crippen LogP contribution in [0.25, 0.3) is 0 Å². The van der Waals surface area contributed by atoms with Gasteiger partial charge in [0, 0.05) is 0 Å². The van der Waals surface area contributed by atoms with E-state index < -0.39 is 11.6 Å². The predicted molar refractivity (Wildman–Crippen MR) is 47.4 cm³/mol. The van der Waals surface area contributed by atoms with Gasteiger partial charge in [-0.3, -0.25) is 4.79 Å². The second-order valence-corrected chi connectivity index (χ2v) is 3.68. The minimum Gasteiger partial charge on any atom is -0.459 e. The lowest BCUT2D eigenvalue weighted by atomic mass is 10.2. The molecule has 0 fully saturated rings. The molecule has 0 amide bonds. The molecule has 0 rings (SSSR count). The normalized spacial score (nSPS) is 14.1. The summed E-state index contributed by atoms with van der Waals surface area (Å²) in [5, 5.41) is 0. The summed E-state index contributed by atoms with van der Waals surface area (Å²) < 4.78 is 5.05. The van der Waals surface area contributed by atoms with Gasteiger partial charge < -0.3 is 4.74 Å². The van der Waals surface area contributed by atoms with Crippen molar-refractivity contribution in [3.8, 4) is 0 Å². The van der Waals surface area contributed by atoms with Crippen LogP contribution in [0.3, 0.4) is 0 Å². The van der Waals surface area contributed by atoms with Crippen molar-refractivity contribution in [1.82, 2.24) is 10.4 Å². The molecule has 0 spiro atoms. The summed E-state index contributed by atoms with van der Waals surface area (Å²) >= 11 is 5.14. The quantitative estimate of drug-likeness (QED) is 0.399. The van der Waals surface area contributed by atoms with Crippen LogP contribution < -0.4 is 10.4 Å². The Bertz CT molecular complexity index is 156. The minimum atomic E-state index is -0.459. The Kier molecular flexibility index (Phi) is 4.52. The highest BCUT2D eigenvalue weighted by molar-refractivity contribution is 6.13. The van der Waals surface area contributed by atoms with Crippen molar-refractivity contribution >= 4 is 17.7 Å². The van der Waals surface area contributed by atoms with Crippen LogP contribution in [0.15, 0.2) is 0 Å². The Morgan fingerprint density at radius 1 is 1.50 bits per heavy atom. The fraction of sp³-hybridized carbons (Fsp3) is 0.857. The van der Waals surface area contributed by atoms with E-state index in [1.165, 1.54) is 0 Å². The number of hydrogen-bond donors (Lipinski definition) is 2. The summed E-state index contributed by atoms with van der Waals surface area (Å²) in [5.74, 6) is -0.337. The summed E-state index contributed by atoms with van der Waals surface area (Å²) in [5.41, 5.74) is 2.05. The van der Waals surface area contributed by atoms with Crippen LogP contribution in [-0.4, -0.2) is 17.6 Å². The van der Waals surface area contributed by atoms with Crippen molar-refractivity contribution in [2.75, 3.05) is 0 Å². The molecule has 0 aromatic rings. The fourth-order valence-corrected chi connectivity index (χ4v) is 0.695. The number of rotatable bonds is 3.